The number of hydrogen-bond donors (Lipinski definition) is 1. The standard InChI is InChI=1S/C17H15ClF2N2O2S/c1-22(9-16(23)21-15-5-3-2-4-12(15)18)17(24)10-25-11-6-7-13(19)14(20)8-11/h2-8H,9-10H2,1H3,(H,21,23). The van der Waals surface area contributed by atoms with Crippen molar-refractivity contribution >= 4 is 40.9 Å². The summed E-state index contributed by atoms with van der Waals surface area (Å²) < 4.78 is 26.0. The van der Waals surface area contributed by atoms with Crippen molar-refractivity contribution < 1.29 is 18.4 Å². The Hall–Kier alpha value is -2.12. The van der Waals surface area contributed by atoms with Crippen molar-refractivity contribution in [1.82, 2.24) is 4.90 Å². The van der Waals surface area contributed by atoms with Crippen LogP contribution in [0, 0.1) is 11.6 Å². The molecule has 0 aliphatic rings. The van der Waals surface area contributed by atoms with Gasteiger partial charge in [-0.05, 0) is 30.3 Å². The van der Waals surface area contributed by atoms with E-state index in [2.05, 4.69) is 5.32 Å². The maximum Gasteiger partial charge on any atom is 0.244 e. The summed E-state index contributed by atoms with van der Waals surface area (Å²) in [7, 11) is 1.49. The van der Waals surface area contributed by atoms with Crippen molar-refractivity contribution in [2.75, 3.05) is 24.7 Å². The predicted molar refractivity (Wildman–Crippen MR) is 94.8 cm³/mol. The van der Waals surface area contributed by atoms with Crippen LogP contribution in [-0.2, 0) is 9.59 Å². The van der Waals surface area contributed by atoms with E-state index in [1.54, 1.807) is 24.3 Å². The smallest absolute Gasteiger partial charge is 0.244 e. The Morgan fingerprint density at radius 3 is 2.56 bits per heavy atom. The summed E-state index contributed by atoms with van der Waals surface area (Å²) in [6.45, 7) is -0.150. The Morgan fingerprint density at radius 1 is 1.16 bits per heavy atom. The van der Waals surface area contributed by atoms with E-state index < -0.39 is 11.6 Å². The van der Waals surface area contributed by atoms with Crippen LogP contribution in [0.5, 0.6) is 0 Å². The van der Waals surface area contributed by atoms with Gasteiger partial charge in [-0.3, -0.25) is 9.59 Å². The lowest BCUT2D eigenvalue weighted by atomic mass is 10.3. The van der Waals surface area contributed by atoms with Crippen molar-refractivity contribution in [1.29, 1.82) is 0 Å². The second-order valence-corrected chi connectivity index (χ2v) is 6.60. The minimum absolute atomic E-state index is 0.000938. The molecule has 0 aromatic heterocycles. The Kier molecular flexibility index (Phi) is 6.78. The van der Waals surface area contributed by atoms with Crippen molar-refractivity contribution in [2.45, 2.75) is 4.90 Å². The molecule has 25 heavy (non-hydrogen) atoms. The number of amides is 2. The van der Waals surface area contributed by atoms with E-state index in [4.69, 9.17) is 11.6 Å². The lowest BCUT2D eigenvalue weighted by Gasteiger charge is -2.17. The largest absolute Gasteiger partial charge is 0.336 e. The monoisotopic (exact) mass is 384 g/mol. The molecule has 0 saturated carbocycles. The van der Waals surface area contributed by atoms with Crippen molar-refractivity contribution in [3.05, 3.63) is 59.1 Å². The molecule has 1 N–H and O–H groups in total. The molecule has 132 valence electrons. The highest BCUT2D eigenvalue weighted by molar-refractivity contribution is 8.00. The van der Waals surface area contributed by atoms with Gasteiger partial charge in [0.25, 0.3) is 0 Å². The molecular weight excluding hydrogens is 370 g/mol. The Labute approximate surface area is 153 Å². The summed E-state index contributed by atoms with van der Waals surface area (Å²) in [4.78, 5) is 25.7. The number of carbonyl (C=O) groups excluding carboxylic acids is 2. The van der Waals surface area contributed by atoms with Crippen molar-refractivity contribution in [3.8, 4) is 0 Å². The lowest BCUT2D eigenvalue weighted by molar-refractivity contribution is -0.131. The highest BCUT2D eigenvalue weighted by Crippen LogP contribution is 2.21. The molecule has 2 aromatic rings. The molecule has 0 bridgehead atoms. The fourth-order valence-corrected chi connectivity index (χ4v) is 2.92. The van der Waals surface area contributed by atoms with Crippen LogP contribution < -0.4 is 5.32 Å². The SMILES string of the molecule is CN(CC(=O)Nc1ccccc1Cl)C(=O)CSc1ccc(F)c(F)c1. The van der Waals surface area contributed by atoms with Crippen LogP contribution in [0.2, 0.25) is 5.02 Å². The Morgan fingerprint density at radius 2 is 1.88 bits per heavy atom. The molecule has 0 heterocycles. The third kappa shape index (κ3) is 5.72. The summed E-state index contributed by atoms with van der Waals surface area (Å²) in [6.07, 6.45) is 0. The zero-order valence-corrected chi connectivity index (χ0v) is 14.8. The van der Waals surface area contributed by atoms with Gasteiger partial charge in [-0.1, -0.05) is 23.7 Å². The molecule has 2 amide bonds. The maximum absolute atomic E-state index is 13.1. The van der Waals surface area contributed by atoms with Crippen molar-refractivity contribution in [2.24, 2.45) is 0 Å². The number of hydrogen-bond acceptors (Lipinski definition) is 3. The molecule has 4 nitrogen and oxygen atoms in total. The summed E-state index contributed by atoms with van der Waals surface area (Å²) in [5, 5.41) is 3.02. The van der Waals surface area contributed by atoms with E-state index in [0.29, 0.717) is 15.6 Å². The molecule has 0 fully saturated rings. The molecule has 0 atom stereocenters. The number of likely N-dealkylation sites (N-methyl/N-ethyl adjacent to an activating group) is 1. The minimum atomic E-state index is -0.968. The van der Waals surface area contributed by atoms with E-state index in [1.165, 1.54) is 18.0 Å². The number of nitrogens with one attached hydrogen (secondary N) is 1. The van der Waals surface area contributed by atoms with Crippen LogP contribution >= 0.6 is 23.4 Å². The zero-order chi connectivity index (χ0) is 18.4. The molecular formula is C17H15ClF2N2O2S. The molecule has 0 aliphatic heterocycles. The minimum Gasteiger partial charge on any atom is -0.336 e. The third-order valence-corrected chi connectivity index (χ3v) is 4.52. The van der Waals surface area contributed by atoms with Gasteiger partial charge in [-0.25, -0.2) is 8.78 Å². The summed E-state index contributed by atoms with van der Waals surface area (Å²) in [5.41, 5.74) is 0.464. The number of halogens is 3. The van der Waals surface area contributed by atoms with Crippen LogP contribution in [0.1, 0.15) is 0 Å². The van der Waals surface area contributed by atoms with Crippen LogP contribution in [0.4, 0.5) is 14.5 Å². The number of thioether (sulfide) groups is 1. The first-order valence-electron chi connectivity index (χ1n) is 7.23. The highest BCUT2D eigenvalue weighted by Gasteiger charge is 2.14. The van der Waals surface area contributed by atoms with Crippen LogP contribution in [0.25, 0.3) is 0 Å². The van der Waals surface area contributed by atoms with Gasteiger partial charge in [-0.2, -0.15) is 0 Å². The van der Waals surface area contributed by atoms with Gasteiger partial charge in [0.15, 0.2) is 11.6 Å². The first-order chi connectivity index (χ1) is 11.9. The zero-order valence-electron chi connectivity index (χ0n) is 13.3. The number of para-hydroxylation sites is 1. The number of nitrogens with zero attached hydrogens (tertiary/aromatic N) is 1. The average molecular weight is 385 g/mol. The number of carbonyl (C=O) groups is 2. The van der Waals surface area contributed by atoms with E-state index in [9.17, 15) is 18.4 Å². The summed E-state index contributed by atoms with van der Waals surface area (Å²) in [6, 6.07) is 10.2. The second-order valence-electron chi connectivity index (χ2n) is 5.14. The Bertz CT molecular complexity index is 789. The predicted octanol–water partition coefficient (Wildman–Crippen LogP) is 3.81. The van der Waals surface area contributed by atoms with Gasteiger partial charge in [0.2, 0.25) is 11.8 Å². The average Bonchev–Trinajstić information content (AvgIpc) is 2.57. The molecule has 0 saturated heterocycles. The molecule has 0 spiro atoms. The topological polar surface area (TPSA) is 49.4 Å². The molecule has 2 aromatic carbocycles. The summed E-state index contributed by atoms with van der Waals surface area (Å²) >= 11 is 7.02. The fraction of sp³-hybridized carbons (Fsp3) is 0.176. The molecule has 8 heteroatoms. The normalized spacial score (nSPS) is 10.4. The molecule has 0 unspecified atom stereocenters. The highest BCUT2D eigenvalue weighted by atomic mass is 35.5. The quantitative estimate of drug-likeness (QED) is 0.770. The van der Waals surface area contributed by atoms with E-state index >= 15 is 0 Å². The fourth-order valence-electron chi connectivity index (χ4n) is 1.88. The third-order valence-electron chi connectivity index (χ3n) is 3.21. The van der Waals surface area contributed by atoms with E-state index in [0.717, 1.165) is 23.9 Å². The first kappa shape index (κ1) is 19.2. The van der Waals surface area contributed by atoms with E-state index in [-0.39, 0.29) is 24.1 Å². The number of anilines is 1. The second kappa shape index (κ2) is 8.82. The maximum atomic E-state index is 13.1. The van der Waals surface area contributed by atoms with Crippen LogP contribution in [-0.4, -0.2) is 36.1 Å². The number of rotatable bonds is 6. The van der Waals surface area contributed by atoms with Gasteiger partial charge in [0.1, 0.15) is 0 Å². The molecule has 0 radical (unpaired) electrons. The summed E-state index contributed by atoms with van der Waals surface area (Å²) in [5.74, 6) is -2.61. The van der Waals surface area contributed by atoms with Crippen molar-refractivity contribution in [3.63, 3.8) is 0 Å². The van der Waals surface area contributed by atoms with Gasteiger partial charge in [0.05, 0.1) is 23.0 Å². The van der Waals surface area contributed by atoms with Crippen LogP contribution in [0.15, 0.2) is 47.4 Å². The molecule has 2 rings (SSSR count). The number of benzene rings is 2. The molecule has 0 aliphatic carbocycles. The van der Waals surface area contributed by atoms with Gasteiger partial charge in [-0.15, -0.1) is 11.8 Å². The Balaban J connectivity index is 1.84. The lowest BCUT2D eigenvalue weighted by Crippen LogP contribution is -2.36. The van der Waals surface area contributed by atoms with Gasteiger partial charge >= 0.3 is 0 Å². The van der Waals surface area contributed by atoms with Gasteiger partial charge < -0.3 is 10.2 Å². The van der Waals surface area contributed by atoms with E-state index in [1.807, 2.05) is 0 Å². The van der Waals surface area contributed by atoms with Crippen LogP contribution in [0.3, 0.4) is 0 Å². The first-order valence-corrected chi connectivity index (χ1v) is 8.59. The van der Waals surface area contributed by atoms with Gasteiger partial charge in [0, 0.05) is 11.9 Å².